The quantitative estimate of drug-likeness (QED) is 0.674. The number of nitrogens with one attached hydrogen (secondary N) is 2. The highest BCUT2D eigenvalue weighted by Crippen LogP contribution is 2.11. The fourth-order valence-corrected chi connectivity index (χ4v) is 2.22. The van der Waals surface area contributed by atoms with Gasteiger partial charge in [-0.2, -0.15) is 0 Å². The first-order valence-corrected chi connectivity index (χ1v) is 6.96. The summed E-state index contributed by atoms with van der Waals surface area (Å²) in [6.07, 6.45) is 3.85. The van der Waals surface area contributed by atoms with Crippen LogP contribution >= 0.6 is 0 Å². The van der Waals surface area contributed by atoms with E-state index in [1.54, 1.807) is 0 Å². The zero-order valence-corrected chi connectivity index (χ0v) is 11.3. The zero-order valence-electron chi connectivity index (χ0n) is 11.3. The van der Waals surface area contributed by atoms with Crippen LogP contribution in [-0.4, -0.2) is 21.5 Å². The van der Waals surface area contributed by atoms with Gasteiger partial charge in [-0.05, 0) is 37.2 Å². The number of benzene rings is 1. The van der Waals surface area contributed by atoms with Crippen LogP contribution in [0, 0.1) is 0 Å². The lowest BCUT2D eigenvalue weighted by molar-refractivity contribution is 0.633. The number of pyridine rings is 1. The molecule has 3 rings (SSSR count). The number of H-pyrrole nitrogens is 1. The zero-order chi connectivity index (χ0) is 13.6. The molecule has 2 aromatic heterocycles. The van der Waals surface area contributed by atoms with Gasteiger partial charge in [-0.25, -0.2) is 4.98 Å². The lowest BCUT2D eigenvalue weighted by Gasteiger charge is -2.03. The summed E-state index contributed by atoms with van der Waals surface area (Å²) in [6.45, 7) is 1.79. The van der Waals surface area contributed by atoms with E-state index >= 15 is 0 Å². The molecule has 0 fully saturated rings. The number of aryl methyl sites for hydroxylation is 1. The molecule has 0 unspecified atom stereocenters. The molecule has 0 radical (unpaired) electrons. The number of aromatic amines is 1. The predicted molar refractivity (Wildman–Crippen MR) is 80.4 cm³/mol. The van der Waals surface area contributed by atoms with E-state index in [0.29, 0.717) is 0 Å². The van der Waals surface area contributed by atoms with Gasteiger partial charge in [0.2, 0.25) is 0 Å². The predicted octanol–water partition coefficient (Wildman–Crippen LogP) is 2.68. The SMILES string of the molecule is c1ccc(CNCCCc2nc3ccccc3[nH]2)nc1. The summed E-state index contributed by atoms with van der Waals surface area (Å²) < 4.78 is 0. The van der Waals surface area contributed by atoms with Crippen molar-refractivity contribution in [1.29, 1.82) is 0 Å². The molecule has 0 aliphatic carbocycles. The molecule has 4 heteroatoms. The largest absolute Gasteiger partial charge is 0.342 e. The van der Waals surface area contributed by atoms with E-state index in [9.17, 15) is 0 Å². The highest BCUT2D eigenvalue weighted by molar-refractivity contribution is 5.74. The highest BCUT2D eigenvalue weighted by atomic mass is 14.9. The second kappa shape index (κ2) is 6.30. The Morgan fingerprint density at radius 1 is 1.05 bits per heavy atom. The van der Waals surface area contributed by atoms with Gasteiger partial charge >= 0.3 is 0 Å². The van der Waals surface area contributed by atoms with E-state index in [1.807, 2.05) is 42.6 Å². The monoisotopic (exact) mass is 266 g/mol. The molecular weight excluding hydrogens is 248 g/mol. The third kappa shape index (κ3) is 3.22. The van der Waals surface area contributed by atoms with Crippen molar-refractivity contribution in [2.45, 2.75) is 19.4 Å². The summed E-state index contributed by atoms with van der Waals surface area (Å²) in [7, 11) is 0. The number of para-hydroxylation sites is 2. The van der Waals surface area contributed by atoms with E-state index in [-0.39, 0.29) is 0 Å². The van der Waals surface area contributed by atoms with Crippen LogP contribution in [-0.2, 0) is 13.0 Å². The van der Waals surface area contributed by atoms with Crippen LogP contribution in [0.3, 0.4) is 0 Å². The van der Waals surface area contributed by atoms with E-state index in [1.165, 1.54) is 0 Å². The molecule has 0 amide bonds. The maximum Gasteiger partial charge on any atom is 0.107 e. The minimum absolute atomic E-state index is 0.820. The maximum absolute atomic E-state index is 4.57. The number of hydrogen-bond acceptors (Lipinski definition) is 3. The highest BCUT2D eigenvalue weighted by Gasteiger charge is 2.01. The number of nitrogens with zero attached hydrogens (tertiary/aromatic N) is 2. The van der Waals surface area contributed by atoms with Crippen molar-refractivity contribution in [1.82, 2.24) is 20.3 Å². The van der Waals surface area contributed by atoms with Crippen LogP contribution in [0.5, 0.6) is 0 Å². The smallest absolute Gasteiger partial charge is 0.107 e. The van der Waals surface area contributed by atoms with Crippen molar-refractivity contribution in [2.24, 2.45) is 0 Å². The van der Waals surface area contributed by atoms with Gasteiger partial charge in [-0.3, -0.25) is 4.98 Å². The summed E-state index contributed by atoms with van der Waals surface area (Å²) in [6, 6.07) is 14.1. The van der Waals surface area contributed by atoms with Crippen LogP contribution in [0.15, 0.2) is 48.7 Å². The van der Waals surface area contributed by atoms with E-state index in [0.717, 1.165) is 48.5 Å². The molecule has 4 nitrogen and oxygen atoms in total. The second-order valence-corrected chi connectivity index (χ2v) is 4.80. The first-order chi connectivity index (χ1) is 9.92. The molecule has 0 atom stereocenters. The number of hydrogen-bond donors (Lipinski definition) is 2. The number of rotatable bonds is 6. The van der Waals surface area contributed by atoms with Crippen LogP contribution in [0.1, 0.15) is 17.9 Å². The van der Waals surface area contributed by atoms with Gasteiger partial charge in [0, 0.05) is 19.2 Å². The van der Waals surface area contributed by atoms with Crippen molar-refractivity contribution in [3.63, 3.8) is 0 Å². The van der Waals surface area contributed by atoms with Crippen LogP contribution < -0.4 is 5.32 Å². The molecule has 0 aliphatic heterocycles. The minimum atomic E-state index is 0.820. The number of imidazole rings is 1. The van der Waals surface area contributed by atoms with Crippen molar-refractivity contribution in [3.05, 3.63) is 60.2 Å². The third-order valence-electron chi connectivity index (χ3n) is 3.24. The lowest BCUT2D eigenvalue weighted by Crippen LogP contribution is -2.16. The standard InChI is InChI=1S/C16H18N4/c1-2-8-15-14(7-1)19-16(20-15)9-5-10-17-12-13-6-3-4-11-18-13/h1-4,6-8,11,17H,5,9-10,12H2,(H,19,20). The first-order valence-electron chi connectivity index (χ1n) is 6.96. The van der Waals surface area contributed by atoms with Gasteiger partial charge < -0.3 is 10.3 Å². The van der Waals surface area contributed by atoms with Gasteiger partial charge in [0.05, 0.1) is 16.7 Å². The molecular formula is C16H18N4. The van der Waals surface area contributed by atoms with Crippen molar-refractivity contribution in [2.75, 3.05) is 6.54 Å². The van der Waals surface area contributed by atoms with Gasteiger partial charge in [0.25, 0.3) is 0 Å². The Morgan fingerprint density at radius 3 is 2.80 bits per heavy atom. The summed E-state index contributed by atoms with van der Waals surface area (Å²) in [5.74, 6) is 1.06. The Labute approximate surface area is 118 Å². The molecule has 0 aliphatic rings. The molecule has 0 bridgehead atoms. The van der Waals surface area contributed by atoms with Crippen LogP contribution in [0.2, 0.25) is 0 Å². The Balaban J connectivity index is 1.43. The normalized spacial score (nSPS) is 11.0. The number of fused-ring (bicyclic) bond motifs is 1. The molecule has 3 aromatic rings. The van der Waals surface area contributed by atoms with Crippen molar-refractivity contribution in [3.8, 4) is 0 Å². The van der Waals surface area contributed by atoms with Gasteiger partial charge in [0.15, 0.2) is 0 Å². The van der Waals surface area contributed by atoms with Crippen molar-refractivity contribution >= 4 is 11.0 Å². The Hall–Kier alpha value is -2.20. The first kappa shape index (κ1) is 12.8. The Bertz CT molecular complexity index is 627. The minimum Gasteiger partial charge on any atom is -0.342 e. The average Bonchev–Trinajstić information content (AvgIpc) is 2.90. The summed E-state index contributed by atoms with van der Waals surface area (Å²) in [4.78, 5) is 12.2. The fraction of sp³-hybridized carbons (Fsp3) is 0.250. The summed E-state index contributed by atoms with van der Waals surface area (Å²) >= 11 is 0. The van der Waals surface area contributed by atoms with Crippen LogP contribution in [0.25, 0.3) is 11.0 Å². The van der Waals surface area contributed by atoms with E-state index < -0.39 is 0 Å². The van der Waals surface area contributed by atoms with Crippen molar-refractivity contribution < 1.29 is 0 Å². The van der Waals surface area contributed by atoms with Gasteiger partial charge in [-0.15, -0.1) is 0 Å². The summed E-state index contributed by atoms with van der Waals surface area (Å²) in [5, 5.41) is 3.40. The lowest BCUT2D eigenvalue weighted by atomic mass is 10.3. The maximum atomic E-state index is 4.57. The second-order valence-electron chi connectivity index (χ2n) is 4.80. The van der Waals surface area contributed by atoms with E-state index in [2.05, 4.69) is 26.3 Å². The fourth-order valence-electron chi connectivity index (χ4n) is 2.22. The third-order valence-corrected chi connectivity index (χ3v) is 3.24. The van der Waals surface area contributed by atoms with E-state index in [4.69, 9.17) is 0 Å². The van der Waals surface area contributed by atoms with Gasteiger partial charge in [-0.1, -0.05) is 18.2 Å². The molecule has 1 aromatic carbocycles. The molecule has 20 heavy (non-hydrogen) atoms. The van der Waals surface area contributed by atoms with Gasteiger partial charge in [0.1, 0.15) is 5.82 Å². The topological polar surface area (TPSA) is 53.6 Å². The molecule has 0 spiro atoms. The molecule has 0 saturated heterocycles. The molecule has 2 heterocycles. The number of aromatic nitrogens is 3. The van der Waals surface area contributed by atoms with Crippen LogP contribution in [0.4, 0.5) is 0 Å². The Morgan fingerprint density at radius 2 is 1.95 bits per heavy atom. The summed E-state index contributed by atoms with van der Waals surface area (Å²) in [5.41, 5.74) is 3.24. The molecule has 102 valence electrons. The average molecular weight is 266 g/mol. The molecule has 0 saturated carbocycles. The Kier molecular flexibility index (Phi) is 4.04. The molecule has 2 N–H and O–H groups in total.